The van der Waals surface area contributed by atoms with Crippen molar-refractivity contribution in [3.8, 4) is 11.5 Å². The molecule has 1 aliphatic heterocycles. The summed E-state index contributed by atoms with van der Waals surface area (Å²) in [6.07, 6.45) is 0. The van der Waals surface area contributed by atoms with E-state index in [1.807, 2.05) is 54.6 Å². The maximum absolute atomic E-state index is 12.6. The number of piperazine rings is 1. The molecule has 0 saturated carbocycles. The van der Waals surface area contributed by atoms with Crippen LogP contribution in [0, 0.1) is 0 Å². The SMILES string of the molecule is O=C(NCC(=O)N1CCN(c2ccc(OCc3ccccc3)cc2)CC1)c1cccc(OCC[18F])c1. The van der Waals surface area contributed by atoms with Crippen LogP contribution in [0.1, 0.15) is 15.9 Å². The minimum absolute atomic E-state index is 0.0677. The number of alkyl halides is 1. The van der Waals surface area contributed by atoms with Gasteiger partial charge < -0.3 is 24.6 Å². The van der Waals surface area contributed by atoms with Crippen LogP contribution in [-0.4, -0.2) is 62.7 Å². The summed E-state index contributed by atoms with van der Waals surface area (Å²) in [4.78, 5) is 29.0. The lowest BCUT2D eigenvalue weighted by atomic mass is 10.2. The van der Waals surface area contributed by atoms with Crippen molar-refractivity contribution in [2.45, 2.75) is 6.61 Å². The van der Waals surface area contributed by atoms with Crippen molar-refractivity contribution in [1.29, 1.82) is 0 Å². The van der Waals surface area contributed by atoms with Gasteiger partial charge in [0.15, 0.2) is 0 Å². The molecule has 188 valence electrons. The van der Waals surface area contributed by atoms with E-state index in [0.717, 1.165) is 17.0 Å². The van der Waals surface area contributed by atoms with Crippen molar-refractivity contribution in [1.82, 2.24) is 10.2 Å². The molecule has 1 aliphatic rings. The van der Waals surface area contributed by atoms with Crippen molar-refractivity contribution in [2.24, 2.45) is 0 Å². The molecule has 1 heterocycles. The molecule has 0 atom stereocenters. The lowest BCUT2D eigenvalue weighted by Crippen LogP contribution is -2.51. The van der Waals surface area contributed by atoms with Gasteiger partial charge in [-0.05, 0) is 48.0 Å². The molecule has 8 heteroatoms. The predicted molar refractivity (Wildman–Crippen MR) is 136 cm³/mol. The van der Waals surface area contributed by atoms with Crippen molar-refractivity contribution in [2.75, 3.05) is 50.9 Å². The van der Waals surface area contributed by atoms with Gasteiger partial charge in [0.05, 0.1) is 6.54 Å². The number of anilines is 1. The van der Waals surface area contributed by atoms with Crippen molar-refractivity contribution in [3.05, 3.63) is 90.0 Å². The number of nitrogens with zero attached hydrogens (tertiary/aromatic N) is 2. The summed E-state index contributed by atoms with van der Waals surface area (Å²) in [7, 11) is 0. The maximum Gasteiger partial charge on any atom is 0.251 e. The monoisotopic (exact) mass is 490 g/mol. The van der Waals surface area contributed by atoms with Gasteiger partial charge in [0.2, 0.25) is 5.91 Å². The molecule has 36 heavy (non-hydrogen) atoms. The number of nitrogens with one attached hydrogen (secondary N) is 1. The zero-order valence-corrected chi connectivity index (χ0v) is 20.1. The number of ether oxygens (including phenoxy) is 2. The lowest BCUT2D eigenvalue weighted by Gasteiger charge is -2.36. The summed E-state index contributed by atoms with van der Waals surface area (Å²) in [5, 5.41) is 2.66. The van der Waals surface area contributed by atoms with Crippen LogP contribution in [0.2, 0.25) is 0 Å². The second-order valence-corrected chi connectivity index (χ2v) is 8.38. The van der Waals surface area contributed by atoms with Gasteiger partial charge in [-0.2, -0.15) is 0 Å². The number of hydrogen-bond acceptors (Lipinski definition) is 5. The van der Waals surface area contributed by atoms with Crippen LogP contribution in [-0.2, 0) is 11.4 Å². The van der Waals surface area contributed by atoms with Crippen molar-refractivity contribution >= 4 is 17.5 Å². The zero-order valence-electron chi connectivity index (χ0n) is 20.1. The van der Waals surface area contributed by atoms with Crippen LogP contribution in [0.4, 0.5) is 10.1 Å². The van der Waals surface area contributed by atoms with Gasteiger partial charge >= 0.3 is 0 Å². The molecule has 3 aromatic rings. The van der Waals surface area contributed by atoms with Crippen LogP contribution in [0.25, 0.3) is 0 Å². The Hall–Kier alpha value is -4.07. The Morgan fingerprint density at radius 3 is 2.31 bits per heavy atom. The fourth-order valence-corrected chi connectivity index (χ4v) is 3.96. The van der Waals surface area contributed by atoms with Gasteiger partial charge in [-0.3, -0.25) is 9.59 Å². The highest BCUT2D eigenvalue weighted by atomic mass is 18.2. The Bertz CT molecular complexity index is 1130. The lowest BCUT2D eigenvalue weighted by molar-refractivity contribution is -0.130. The molecule has 1 saturated heterocycles. The topological polar surface area (TPSA) is 71.1 Å². The summed E-state index contributed by atoms with van der Waals surface area (Å²) >= 11 is 0. The number of halogens is 1. The van der Waals surface area contributed by atoms with Crippen LogP contribution in [0.15, 0.2) is 78.9 Å². The quantitative estimate of drug-likeness (QED) is 0.469. The van der Waals surface area contributed by atoms with Crippen molar-refractivity contribution < 1.29 is 23.5 Å². The summed E-state index contributed by atoms with van der Waals surface area (Å²) in [5.41, 5.74) is 2.56. The van der Waals surface area contributed by atoms with Crippen LogP contribution in [0.5, 0.6) is 11.5 Å². The molecule has 4 rings (SSSR count). The first-order valence-electron chi connectivity index (χ1n) is 12.0. The highest BCUT2D eigenvalue weighted by molar-refractivity contribution is 5.96. The minimum atomic E-state index is -0.604. The fourth-order valence-electron chi connectivity index (χ4n) is 3.96. The van der Waals surface area contributed by atoms with Gasteiger partial charge in [-0.1, -0.05) is 36.4 Å². The molecule has 0 bridgehead atoms. The van der Waals surface area contributed by atoms with E-state index >= 15 is 0 Å². The molecule has 0 aromatic heterocycles. The number of hydrogen-bond donors (Lipinski definition) is 1. The summed E-state index contributed by atoms with van der Waals surface area (Å²) in [6, 6.07) is 24.5. The molecule has 0 spiro atoms. The van der Waals surface area contributed by atoms with E-state index in [9.17, 15) is 14.0 Å². The zero-order chi connectivity index (χ0) is 25.2. The molecule has 2 amide bonds. The summed E-state index contributed by atoms with van der Waals surface area (Å²) in [5.74, 6) is 0.727. The molecule has 1 fully saturated rings. The largest absolute Gasteiger partial charge is 0.491 e. The van der Waals surface area contributed by atoms with Gasteiger partial charge in [-0.15, -0.1) is 0 Å². The molecular formula is C28H30FN3O4. The third-order valence-corrected chi connectivity index (χ3v) is 5.92. The minimum Gasteiger partial charge on any atom is -0.491 e. The van der Waals surface area contributed by atoms with Crippen LogP contribution in [0.3, 0.4) is 0 Å². The number of carbonyl (C=O) groups is 2. The predicted octanol–water partition coefficient (Wildman–Crippen LogP) is 3.69. The second-order valence-electron chi connectivity index (χ2n) is 8.38. The van der Waals surface area contributed by atoms with Gasteiger partial charge in [-0.25, -0.2) is 4.39 Å². The average molecular weight is 491 g/mol. The van der Waals surface area contributed by atoms with E-state index < -0.39 is 6.67 Å². The molecule has 0 aliphatic carbocycles. The second kappa shape index (κ2) is 12.6. The van der Waals surface area contributed by atoms with E-state index in [4.69, 9.17) is 9.47 Å². The van der Waals surface area contributed by atoms with E-state index in [0.29, 0.717) is 44.1 Å². The summed E-state index contributed by atoms with van der Waals surface area (Å²) in [6.45, 7) is 2.34. The first-order chi connectivity index (χ1) is 17.6. The van der Waals surface area contributed by atoms with E-state index in [1.165, 1.54) is 6.07 Å². The highest BCUT2D eigenvalue weighted by Crippen LogP contribution is 2.21. The Morgan fingerprint density at radius 2 is 1.58 bits per heavy atom. The average Bonchev–Trinajstić information content (AvgIpc) is 2.94. The van der Waals surface area contributed by atoms with E-state index in [-0.39, 0.29) is 25.0 Å². The van der Waals surface area contributed by atoms with E-state index in [2.05, 4.69) is 10.2 Å². The number of rotatable bonds is 10. The number of benzene rings is 3. The van der Waals surface area contributed by atoms with Crippen LogP contribution < -0.4 is 19.7 Å². The van der Waals surface area contributed by atoms with Gasteiger partial charge in [0, 0.05) is 37.4 Å². The molecule has 7 nitrogen and oxygen atoms in total. The Balaban J connectivity index is 1.20. The molecule has 1 N–H and O–H groups in total. The van der Waals surface area contributed by atoms with Crippen LogP contribution >= 0.6 is 0 Å². The standard InChI is InChI=1S/C28H30FN3O4/c29-13-18-35-26-8-4-7-23(19-26)28(34)30-20-27(33)32-16-14-31(15-17-32)24-9-11-25(12-10-24)36-21-22-5-2-1-3-6-22/h1-12,19H,13-18,20-21H2,(H,30,34)/i29-1. The Labute approximate surface area is 210 Å². The summed E-state index contributed by atoms with van der Waals surface area (Å²) < 4.78 is 23.4. The Morgan fingerprint density at radius 1 is 0.833 bits per heavy atom. The smallest absolute Gasteiger partial charge is 0.251 e. The fraction of sp³-hybridized carbons (Fsp3) is 0.286. The Kier molecular flexibility index (Phi) is 8.75. The highest BCUT2D eigenvalue weighted by Gasteiger charge is 2.22. The first-order valence-corrected chi connectivity index (χ1v) is 12.0. The third-order valence-electron chi connectivity index (χ3n) is 5.92. The number of carbonyl (C=O) groups excluding carboxylic acids is 2. The first kappa shape index (κ1) is 25.0. The maximum atomic E-state index is 12.6. The molecular weight excluding hydrogens is 460 g/mol. The molecule has 0 radical (unpaired) electrons. The number of amides is 2. The normalized spacial score (nSPS) is 13.2. The van der Waals surface area contributed by atoms with E-state index in [1.54, 1.807) is 23.1 Å². The molecule has 3 aromatic carbocycles. The van der Waals surface area contributed by atoms with Gasteiger partial charge in [0.25, 0.3) is 5.91 Å². The van der Waals surface area contributed by atoms with Crippen molar-refractivity contribution in [3.63, 3.8) is 0 Å². The third kappa shape index (κ3) is 6.97. The molecule has 0 unspecified atom stereocenters. The van der Waals surface area contributed by atoms with Gasteiger partial charge in [0.1, 0.15) is 31.4 Å².